The number of aromatic nitrogens is 1. The van der Waals surface area contributed by atoms with Crippen molar-refractivity contribution in [2.75, 3.05) is 6.26 Å². The van der Waals surface area contributed by atoms with E-state index in [0.29, 0.717) is 23.7 Å². The van der Waals surface area contributed by atoms with Crippen molar-refractivity contribution in [2.24, 2.45) is 17.0 Å². The monoisotopic (exact) mass is 376 g/mol. The lowest BCUT2D eigenvalue weighted by Gasteiger charge is -2.22. The first kappa shape index (κ1) is 18.4. The molecule has 0 bridgehead atoms. The summed E-state index contributed by atoms with van der Waals surface area (Å²) in [5.74, 6) is 4.63. The molecule has 1 saturated carbocycles. The van der Waals surface area contributed by atoms with E-state index in [9.17, 15) is 18.3 Å². The molecule has 138 valence electrons. The van der Waals surface area contributed by atoms with Crippen LogP contribution in [-0.2, 0) is 19.5 Å². The highest BCUT2D eigenvalue weighted by molar-refractivity contribution is 7.92. The molecular weight excluding hydrogens is 356 g/mol. The second kappa shape index (κ2) is 7.08. The van der Waals surface area contributed by atoms with Gasteiger partial charge in [0.2, 0.25) is 0 Å². The first-order chi connectivity index (χ1) is 12.3. The van der Waals surface area contributed by atoms with Gasteiger partial charge in [-0.3, -0.25) is 9.78 Å². The lowest BCUT2D eigenvalue weighted by atomic mass is 9.95. The molecule has 0 radical (unpaired) electrons. The van der Waals surface area contributed by atoms with E-state index >= 15 is 0 Å². The summed E-state index contributed by atoms with van der Waals surface area (Å²) in [6.07, 6.45) is 4.59. The largest absolute Gasteiger partial charge is 0.480 e. The first-order valence-corrected chi connectivity index (χ1v) is 10.3. The van der Waals surface area contributed by atoms with Gasteiger partial charge in [-0.25, -0.2) is 8.42 Å². The maximum absolute atomic E-state index is 11.8. The highest BCUT2D eigenvalue weighted by Crippen LogP contribution is 2.28. The van der Waals surface area contributed by atoms with E-state index in [4.69, 9.17) is 4.84 Å². The van der Waals surface area contributed by atoms with Crippen LogP contribution in [0.15, 0.2) is 23.5 Å². The lowest BCUT2D eigenvalue weighted by molar-refractivity contribution is -0.138. The number of hydrogen-bond acceptors (Lipinski definition) is 6. The van der Waals surface area contributed by atoms with Crippen LogP contribution in [-0.4, -0.2) is 47.8 Å². The Balaban J connectivity index is 1.67. The second-order valence-corrected chi connectivity index (χ2v) is 8.98. The number of pyridine rings is 1. The van der Waals surface area contributed by atoms with Crippen LogP contribution in [0, 0.1) is 23.7 Å². The normalized spacial score (nSPS) is 21.8. The molecule has 3 rings (SSSR count). The molecule has 1 aliphatic carbocycles. The number of rotatable bonds is 5. The molecule has 8 heteroatoms. The Labute approximate surface area is 152 Å². The molecule has 1 N–H and O–H groups in total. The number of aliphatic carboxylic acids is 1. The molecule has 1 fully saturated rings. The van der Waals surface area contributed by atoms with Crippen LogP contribution in [0.3, 0.4) is 0 Å². The van der Waals surface area contributed by atoms with E-state index in [1.807, 2.05) is 6.07 Å². The molecule has 1 aliphatic heterocycles. The van der Waals surface area contributed by atoms with Crippen LogP contribution in [0.25, 0.3) is 0 Å². The summed E-state index contributed by atoms with van der Waals surface area (Å²) < 4.78 is 23.5. The van der Waals surface area contributed by atoms with Crippen LogP contribution < -0.4 is 0 Å². The molecule has 0 amide bonds. The molecule has 1 aromatic rings. The van der Waals surface area contributed by atoms with Crippen LogP contribution in [0.4, 0.5) is 0 Å². The Morgan fingerprint density at radius 1 is 1.38 bits per heavy atom. The summed E-state index contributed by atoms with van der Waals surface area (Å²) >= 11 is 0. The van der Waals surface area contributed by atoms with Crippen LogP contribution in [0.5, 0.6) is 0 Å². The number of oxime groups is 1. The third-order valence-electron chi connectivity index (χ3n) is 4.52. The molecule has 1 aromatic heterocycles. The van der Waals surface area contributed by atoms with Crippen molar-refractivity contribution in [3.05, 3.63) is 29.6 Å². The van der Waals surface area contributed by atoms with Crippen molar-refractivity contribution in [3.8, 4) is 11.8 Å². The first-order valence-electron chi connectivity index (χ1n) is 8.38. The van der Waals surface area contributed by atoms with Gasteiger partial charge in [-0.1, -0.05) is 23.9 Å². The van der Waals surface area contributed by atoms with Crippen molar-refractivity contribution < 1.29 is 23.2 Å². The Morgan fingerprint density at radius 2 is 2.12 bits per heavy atom. The average molecular weight is 376 g/mol. The molecule has 3 atom stereocenters. The molecule has 3 unspecified atom stereocenters. The minimum atomic E-state index is -3.76. The molecule has 7 nitrogen and oxygen atoms in total. The van der Waals surface area contributed by atoms with Gasteiger partial charge in [0.25, 0.3) is 0 Å². The van der Waals surface area contributed by atoms with Gasteiger partial charge in [0.05, 0.1) is 5.69 Å². The molecule has 2 heterocycles. The van der Waals surface area contributed by atoms with Crippen molar-refractivity contribution in [1.82, 2.24) is 4.98 Å². The lowest BCUT2D eigenvalue weighted by Crippen LogP contribution is -2.41. The standard InChI is InChI=1S/C18H20N2O5S/c1-11(17(18(21)22)26(2,23)24)16-9-15(20-25-16)14-8-7-13(10-19-14)6-5-12-3-4-12/h7-8,10-12,16-17H,3-4,9H2,1-2H3,(H,21,22). The minimum absolute atomic E-state index is 0.306. The van der Waals surface area contributed by atoms with E-state index < -0.39 is 33.1 Å². The third kappa shape index (κ3) is 4.22. The fraction of sp³-hybridized carbons (Fsp3) is 0.500. The summed E-state index contributed by atoms with van der Waals surface area (Å²) in [6.45, 7) is 1.55. The van der Waals surface area contributed by atoms with Crippen LogP contribution in [0.2, 0.25) is 0 Å². The third-order valence-corrected chi connectivity index (χ3v) is 6.07. The summed E-state index contributed by atoms with van der Waals surface area (Å²) in [7, 11) is -3.76. The molecule has 26 heavy (non-hydrogen) atoms. The molecule has 0 spiro atoms. The highest BCUT2D eigenvalue weighted by Gasteiger charge is 2.42. The number of carboxylic acids is 1. The number of nitrogens with zero attached hydrogens (tertiary/aromatic N) is 2. The number of sulfone groups is 1. The van der Waals surface area contributed by atoms with Gasteiger partial charge in [0.15, 0.2) is 15.1 Å². The Morgan fingerprint density at radius 3 is 2.65 bits per heavy atom. The Bertz CT molecular complexity index is 892. The van der Waals surface area contributed by atoms with Gasteiger partial charge in [0, 0.05) is 36.3 Å². The predicted octanol–water partition coefficient (Wildman–Crippen LogP) is 1.47. The quantitative estimate of drug-likeness (QED) is 0.780. The summed E-state index contributed by atoms with van der Waals surface area (Å²) in [4.78, 5) is 21.0. The van der Waals surface area contributed by atoms with Crippen molar-refractivity contribution in [3.63, 3.8) is 0 Å². The second-order valence-electron chi connectivity index (χ2n) is 6.81. The zero-order chi connectivity index (χ0) is 18.9. The topological polar surface area (TPSA) is 106 Å². The fourth-order valence-electron chi connectivity index (χ4n) is 2.87. The van der Waals surface area contributed by atoms with E-state index in [0.717, 1.165) is 24.7 Å². The minimum Gasteiger partial charge on any atom is -0.480 e. The maximum atomic E-state index is 11.8. The van der Waals surface area contributed by atoms with Gasteiger partial charge in [0.1, 0.15) is 11.8 Å². The summed E-state index contributed by atoms with van der Waals surface area (Å²) in [5, 5.41) is 11.7. The van der Waals surface area contributed by atoms with Crippen molar-refractivity contribution >= 4 is 21.5 Å². The molecule has 0 aromatic carbocycles. The average Bonchev–Trinajstić information content (AvgIpc) is 3.26. The summed E-state index contributed by atoms with van der Waals surface area (Å²) in [5.41, 5.74) is 2.01. The van der Waals surface area contributed by atoms with E-state index in [-0.39, 0.29) is 0 Å². The number of hydrogen-bond donors (Lipinski definition) is 1. The van der Waals surface area contributed by atoms with Gasteiger partial charge in [-0.2, -0.15) is 0 Å². The molecule has 2 aliphatic rings. The number of carboxylic acid groups (broad SMARTS) is 1. The van der Waals surface area contributed by atoms with E-state index in [1.54, 1.807) is 19.2 Å². The SMILES string of the molecule is CC(C1CC(c2ccc(C#CC3CC3)cn2)=NO1)C(C(=O)O)S(C)(=O)=O. The van der Waals surface area contributed by atoms with Crippen molar-refractivity contribution in [1.29, 1.82) is 0 Å². The smallest absolute Gasteiger partial charge is 0.322 e. The summed E-state index contributed by atoms with van der Waals surface area (Å²) in [6, 6.07) is 3.64. The number of carbonyl (C=O) groups is 1. The Hall–Kier alpha value is -2.40. The van der Waals surface area contributed by atoms with Gasteiger partial charge in [-0.05, 0) is 25.0 Å². The molecule has 0 saturated heterocycles. The maximum Gasteiger partial charge on any atom is 0.322 e. The fourth-order valence-corrected chi connectivity index (χ4v) is 4.20. The Kier molecular flexibility index (Phi) is 5.01. The van der Waals surface area contributed by atoms with Gasteiger partial charge in [-0.15, -0.1) is 0 Å². The van der Waals surface area contributed by atoms with Gasteiger partial charge < -0.3 is 9.94 Å². The van der Waals surface area contributed by atoms with E-state index in [1.165, 1.54) is 0 Å². The van der Waals surface area contributed by atoms with Crippen LogP contribution >= 0.6 is 0 Å². The van der Waals surface area contributed by atoms with Crippen molar-refractivity contribution in [2.45, 2.75) is 37.5 Å². The van der Waals surface area contributed by atoms with Gasteiger partial charge >= 0.3 is 5.97 Å². The molecular formula is C18H20N2O5S. The van der Waals surface area contributed by atoms with Crippen LogP contribution in [0.1, 0.15) is 37.4 Å². The zero-order valence-electron chi connectivity index (χ0n) is 14.5. The zero-order valence-corrected chi connectivity index (χ0v) is 15.4. The highest BCUT2D eigenvalue weighted by atomic mass is 32.2. The van der Waals surface area contributed by atoms with E-state index in [2.05, 4.69) is 22.0 Å². The predicted molar refractivity (Wildman–Crippen MR) is 95.3 cm³/mol.